The molecule has 8 heteroatoms. The fourth-order valence-corrected chi connectivity index (χ4v) is 3.58. The summed E-state index contributed by atoms with van der Waals surface area (Å²) in [6.07, 6.45) is 0.643. The fraction of sp³-hybridized carbons (Fsp3) is 0.920. The van der Waals surface area contributed by atoms with E-state index >= 15 is 0 Å². The van der Waals surface area contributed by atoms with Crippen LogP contribution >= 0.6 is 0 Å². The van der Waals surface area contributed by atoms with Crippen LogP contribution in [0.5, 0.6) is 0 Å². The highest BCUT2D eigenvalue weighted by molar-refractivity contribution is 5.68. The molecule has 8 nitrogen and oxygen atoms in total. The van der Waals surface area contributed by atoms with Crippen molar-refractivity contribution in [2.24, 2.45) is 16.6 Å². The zero-order valence-electron chi connectivity index (χ0n) is 23.0. The van der Waals surface area contributed by atoms with Crippen LogP contribution in [0.25, 0.3) is 0 Å². The Hall–Kier alpha value is -1.54. The second kappa shape index (κ2) is 12.2. The van der Waals surface area contributed by atoms with Crippen LogP contribution in [-0.4, -0.2) is 55.4 Å². The van der Waals surface area contributed by atoms with E-state index in [4.69, 9.17) is 24.7 Å². The summed E-state index contributed by atoms with van der Waals surface area (Å²) in [5.74, 6) is 0. The Balaban J connectivity index is 5.15. The Morgan fingerprint density at radius 2 is 1.36 bits per heavy atom. The monoisotopic (exact) mass is 474 g/mol. The van der Waals surface area contributed by atoms with Gasteiger partial charge < -0.3 is 30.0 Å². The quantitative estimate of drug-likeness (QED) is 0.369. The first kappa shape index (κ1) is 31.5. The maximum atomic E-state index is 12.6. The number of hydrogen-bond acceptors (Lipinski definition) is 6. The molecule has 0 heterocycles. The Labute approximate surface area is 201 Å². The molecule has 0 bridgehead atoms. The van der Waals surface area contributed by atoms with Gasteiger partial charge in [-0.3, -0.25) is 0 Å². The van der Waals surface area contributed by atoms with Gasteiger partial charge in [-0.05, 0) is 73.1 Å². The Morgan fingerprint density at radius 3 is 1.82 bits per heavy atom. The van der Waals surface area contributed by atoms with Gasteiger partial charge in [-0.1, -0.05) is 27.7 Å². The van der Waals surface area contributed by atoms with Gasteiger partial charge in [0.05, 0.1) is 23.2 Å². The molecule has 2 amide bonds. The molecule has 0 rings (SSSR count). The lowest BCUT2D eigenvalue weighted by atomic mass is 9.82. The van der Waals surface area contributed by atoms with Gasteiger partial charge in [0.15, 0.2) is 0 Å². The average molecular weight is 475 g/mol. The maximum absolute atomic E-state index is 12.6. The summed E-state index contributed by atoms with van der Waals surface area (Å²) in [6, 6.07) is 0. The zero-order chi connectivity index (χ0) is 26.1. The lowest BCUT2D eigenvalue weighted by molar-refractivity contribution is -0.112. The first-order valence-electron chi connectivity index (χ1n) is 11.9. The highest BCUT2D eigenvalue weighted by Crippen LogP contribution is 2.29. The SMILES string of the molecule is CCC(COC(N)=O)(COC(=O)NC(C)(C)CC(C)(C)C)COC(C)(C)CCOC(C)(C)C. The van der Waals surface area contributed by atoms with Crippen molar-refractivity contribution in [2.45, 2.75) is 112 Å². The third-order valence-electron chi connectivity index (χ3n) is 5.20. The van der Waals surface area contributed by atoms with Crippen molar-refractivity contribution in [3.8, 4) is 0 Å². The molecule has 0 radical (unpaired) electrons. The van der Waals surface area contributed by atoms with E-state index in [1.165, 1.54) is 0 Å². The molecule has 1 atom stereocenters. The number of ether oxygens (including phenoxy) is 4. The van der Waals surface area contributed by atoms with Crippen LogP contribution < -0.4 is 11.1 Å². The van der Waals surface area contributed by atoms with Gasteiger partial charge in [-0.15, -0.1) is 0 Å². The average Bonchev–Trinajstić information content (AvgIpc) is 2.57. The van der Waals surface area contributed by atoms with E-state index in [-0.39, 0.29) is 30.8 Å². The number of hydrogen-bond donors (Lipinski definition) is 2. The minimum atomic E-state index is -0.874. The van der Waals surface area contributed by atoms with Gasteiger partial charge >= 0.3 is 12.2 Å². The summed E-state index contributed by atoms with van der Waals surface area (Å²) >= 11 is 0. The highest BCUT2D eigenvalue weighted by Gasteiger charge is 2.36. The number of rotatable bonds is 13. The van der Waals surface area contributed by atoms with E-state index in [1.54, 1.807) is 0 Å². The van der Waals surface area contributed by atoms with E-state index in [0.717, 1.165) is 6.42 Å². The maximum Gasteiger partial charge on any atom is 0.407 e. The van der Waals surface area contributed by atoms with E-state index in [1.807, 2.05) is 55.4 Å². The molecule has 3 N–H and O–H groups in total. The topological polar surface area (TPSA) is 109 Å². The Kier molecular flexibility index (Phi) is 11.7. The Morgan fingerprint density at radius 1 is 0.818 bits per heavy atom. The molecule has 0 spiro atoms. The molecule has 0 saturated carbocycles. The zero-order valence-corrected chi connectivity index (χ0v) is 23.0. The lowest BCUT2D eigenvalue weighted by Gasteiger charge is -2.36. The van der Waals surface area contributed by atoms with Crippen LogP contribution in [0.3, 0.4) is 0 Å². The number of amides is 2. The van der Waals surface area contributed by atoms with Crippen molar-refractivity contribution in [3.05, 3.63) is 0 Å². The summed E-state index contributed by atoms with van der Waals surface area (Å²) in [5, 5.41) is 2.94. The largest absolute Gasteiger partial charge is 0.449 e. The van der Waals surface area contributed by atoms with Crippen LogP contribution in [0.15, 0.2) is 0 Å². The number of carbonyl (C=O) groups excluding carboxylic acids is 2. The molecule has 0 aliphatic rings. The normalized spacial score (nSPS) is 15.0. The summed E-state index contributed by atoms with van der Waals surface area (Å²) in [7, 11) is 0. The molecule has 1 unspecified atom stereocenters. The highest BCUT2D eigenvalue weighted by atomic mass is 16.6. The molecule has 0 aliphatic carbocycles. The predicted octanol–water partition coefficient (Wildman–Crippen LogP) is 5.42. The predicted molar refractivity (Wildman–Crippen MR) is 131 cm³/mol. The molecule has 0 aromatic carbocycles. The van der Waals surface area contributed by atoms with E-state index in [9.17, 15) is 9.59 Å². The standard InChI is InChI=1S/C25H50N2O6/c1-12-25(16-30-19(26)28,18-33-24(10,11)13-14-32-22(5,6)7)17-31-20(29)27-23(8,9)15-21(2,3)4/h12-18H2,1-11H3,(H2,26,28)(H,27,29). The first-order valence-corrected chi connectivity index (χ1v) is 11.9. The van der Waals surface area contributed by atoms with Crippen molar-refractivity contribution in [3.63, 3.8) is 0 Å². The van der Waals surface area contributed by atoms with Crippen LogP contribution in [0.4, 0.5) is 9.59 Å². The molecular formula is C25H50N2O6. The van der Waals surface area contributed by atoms with Crippen LogP contribution in [-0.2, 0) is 18.9 Å². The van der Waals surface area contributed by atoms with Gasteiger partial charge in [0.2, 0.25) is 0 Å². The summed E-state index contributed by atoms with van der Waals surface area (Å²) < 4.78 is 22.7. The van der Waals surface area contributed by atoms with Crippen LogP contribution in [0, 0.1) is 10.8 Å². The summed E-state index contributed by atoms with van der Waals surface area (Å²) in [5.41, 5.74) is 3.40. The number of alkyl carbamates (subject to hydrolysis) is 1. The molecular weight excluding hydrogens is 424 g/mol. The van der Waals surface area contributed by atoms with Crippen LogP contribution in [0.1, 0.15) is 95.4 Å². The molecule has 0 aliphatic heterocycles. The van der Waals surface area contributed by atoms with Gasteiger partial charge in [0.1, 0.15) is 13.2 Å². The van der Waals surface area contributed by atoms with Crippen molar-refractivity contribution in [1.82, 2.24) is 5.32 Å². The van der Waals surface area contributed by atoms with Crippen LogP contribution in [0.2, 0.25) is 0 Å². The fourth-order valence-electron chi connectivity index (χ4n) is 3.58. The van der Waals surface area contributed by atoms with E-state index < -0.39 is 28.7 Å². The van der Waals surface area contributed by atoms with Gasteiger partial charge in [-0.2, -0.15) is 0 Å². The molecule has 196 valence electrons. The van der Waals surface area contributed by atoms with Crippen molar-refractivity contribution < 1.29 is 28.5 Å². The minimum absolute atomic E-state index is 0.00787. The molecule has 33 heavy (non-hydrogen) atoms. The minimum Gasteiger partial charge on any atom is -0.449 e. The third-order valence-corrected chi connectivity index (χ3v) is 5.20. The number of nitrogens with one attached hydrogen (secondary N) is 1. The van der Waals surface area contributed by atoms with E-state index in [0.29, 0.717) is 19.4 Å². The number of nitrogens with two attached hydrogens (primary N) is 1. The molecule has 0 saturated heterocycles. The Bertz CT molecular complexity index is 619. The second-order valence-electron chi connectivity index (χ2n) is 12.5. The molecule has 0 fully saturated rings. The summed E-state index contributed by atoms with van der Waals surface area (Å²) in [4.78, 5) is 23.8. The first-order chi connectivity index (χ1) is 14.7. The number of primary amides is 1. The second-order valence-corrected chi connectivity index (χ2v) is 12.5. The lowest BCUT2D eigenvalue weighted by Crippen LogP contribution is -2.48. The van der Waals surface area contributed by atoms with Crippen molar-refractivity contribution in [2.75, 3.05) is 26.4 Å². The van der Waals surface area contributed by atoms with Crippen molar-refractivity contribution in [1.29, 1.82) is 0 Å². The van der Waals surface area contributed by atoms with E-state index in [2.05, 4.69) is 26.1 Å². The van der Waals surface area contributed by atoms with Gasteiger partial charge in [-0.25, -0.2) is 9.59 Å². The molecule has 0 aromatic rings. The third kappa shape index (κ3) is 15.8. The van der Waals surface area contributed by atoms with Crippen molar-refractivity contribution >= 4 is 12.2 Å². The summed E-state index contributed by atoms with van der Waals surface area (Å²) in [6.45, 7) is 23.0. The number of carbonyl (C=O) groups is 2. The smallest absolute Gasteiger partial charge is 0.407 e. The van der Waals surface area contributed by atoms with Gasteiger partial charge in [0, 0.05) is 12.1 Å². The molecule has 0 aromatic heterocycles. The van der Waals surface area contributed by atoms with Gasteiger partial charge in [0.25, 0.3) is 0 Å².